The fourth-order valence-corrected chi connectivity index (χ4v) is 4.15. The molecule has 0 atom stereocenters. The number of hydrogen-bond acceptors (Lipinski definition) is 2. The molecule has 8 heteroatoms. The summed E-state index contributed by atoms with van der Waals surface area (Å²) in [5.74, 6) is 0.202. The van der Waals surface area contributed by atoms with Crippen LogP contribution < -0.4 is 15.5 Å². The molecule has 158 valence electrons. The van der Waals surface area contributed by atoms with Gasteiger partial charge in [-0.15, -0.1) is 0 Å². The van der Waals surface area contributed by atoms with Gasteiger partial charge >= 0.3 is 12.2 Å². The van der Waals surface area contributed by atoms with Gasteiger partial charge in [-0.3, -0.25) is 4.79 Å². The Kier molecular flexibility index (Phi) is 5.40. The van der Waals surface area contributed by atoms with Crippen LogP contribution in [0.4, 0.5) is 35.0 Å². The molecule has 2 aromatic carbocycles. The molecule has 1 aliphatic carbocycles. The number of amides is 3. The molecule has 0 bridgehead atoms. The van der Waals surface area contributed by atoms with Crippen molar-refractivity contribution in [2.24, 2.45) is 5.92 Å². The van der Waals surface area contributed by atoms with E-state index in [2.05, 4.69) is 10.6 Å². The molecule has 2 N–H and O–H groups in total. The normalized spacial score (nSPS) is 16.4. The molecule has 1 heterocycles. The number of urea groups is 1. The van der Waals surface area contributed by atoms with Crippen molar-refractivity contribution in [2.75, 3.05) is 22.1 Å². The maximum Gasteiger partial charge on any atom is 0.416 e. The average Bonchev–Trinajstić information content (AvgIpc) is 3.37. The van der Waals surface area contributed by atoms with E-state index in [1.54, 1.807) is 17.0 Å². The lowest BCUT2D eigenvalue weighted by Gasteiger charge is -2.21. The molecule has 2 aromatic rings. The van der Waals surface area contributed by atoms with Gasteiger partial charge in [0.2, 0.25) is 5.91 Å². The van der Waals surface area contributed by atoms with Gasteiger partial charge < -0.3 is 15.5 Å². The van der Waals surface area contributed by atoms with E-state index >= 15 is 0 Å². The highest BCUT2D eigenvalue weighted by atomic mass is 19.4. The molecule has 2 aliphatic rings. The lowest BCUT2D eigenvalue weighted by atomic mass is 10.1. The molecule has 3 amide bonds. The van der Waals surface area contributed by atoms with Crippen LogP contribution in [0.1, 0.15) is 36.8 Å². The topological polar surface area (TPSA) is 61.4 Å². The Morgan fingerprint density at radius 2 is 1.67 bits per heavy atom. The largest absolute Gasteiger partial charge is 0.416 e. The summed E-state index contributed by atoms with van der Waals surface area (Å²) >= 11 is 0. The summed E-state index contributed by atoms with van der Waals surface area (Å²) in [5.41, 5.74) is 1.53. The lowest BCUT2D eigenvalue weighted by molar-refractivity contribution is -0.137. The standard InChI is InChI=1S/C22H22F3N3O2/c23-22(24,25)16-6-3-7-17(12-16)26-21(30)27-18-9-8-14-10-11-28(19(14)13-18)20(29)15-4-1-2-5-15/h3,6-9,12-13,15H,1-2,4-5,10-11H2,(H2,26,27,30). The number of carbonyl (C=O) groups is 2. The Hall–Kier alpha value is -3.03. The highest BCUT2D eigenvalue weighted by molar-refractivity contribution is 6.01. The number of fused-ring (bicyclic) bond motifs is 1. The van der Waals surface area contributed by atoms with Crippen molar-refractivity contribution in [3.8, 4) is 0 Å². The molecule has 5 nitrogen and oxygen atoms in total. The molecular formula is C22H22F3N3O2. The molecular weight excluding hydrogens is 395 g/mol. The first-order valence-corrected chi connectivity index (χ1v) is 10.0. The summed E-state index contributed by atoms with van der Waals surface area (Å²) in [7, 11) is 0. The minimum absolute atomic E-state index is 0.0431. The lowest BCUT2D eigenvalue weighted by Crippen LogP contribution is -2.33. The SMILES string of the molecule is O=C(Nc1cccc(C(F)(F)F)c1)Nc1ccc2c(c1)N(C(=O)C1CCCC1)CC2. The predicted octanol–water partition coefficient (Wildman–Crippen LogP) is 5.43. The zero-order valence-corrected chi connectivity index (χ0v) is 16.3. The van der Waals surface area contributed by atoms with Crippen molar-refractivity contribution in [1.29, 1.82) is 0 Å². The van der Waals surface area contributed by atoms with Crippen molar-refractivity contribution in [2.45, 2.75) is 38.3 Å². The molecule has 30 heavy (non-hydrogen) atoms. The van der Waals surface area contributed by atoms with Gasteiger partial charge in [0.05, 0.1) is 5.56 Å². The predicted molar refractivity (Wildman–Crippen MR) is 109 cm³/mol. The molecule has 0 spiro atoms. The highest BCUT2D eigenvalue weighted by Crippen LogP contribution is 2.35. The van der Waals surface area contributed by atoms with Crippen molar-refractivity contribution in [1.82, 2.24) is 0 Å². The third-order valence-electron chi connectivity index (χ3n) is 5.66. The van der Waals surface area contributed by atoms with Gasteiger partial charge in [-0.2, -0.15) is 13.2 Å². The van der Waals surface area contributed by atoms with E-state index in [1.807, 2.05) is 6.07 Å². The minimum atomic E-state index is -4.48. The van der Waals surface area contributed by atoms with Gasteiger partial charge in [-0.25, -0.2) is 4.79 Å². The number of alkyl halides is 3. The number of hydrogen-bond donors (Lipinski definition) is 2. The second kappa shape index (κ2) is 8.01. The summed E-state index contributed by atoms with van der Waals surface area (Å²) in [5, 5.41) is 5.06. The highest BCUT2D eigenvalue weighted by Gasteiger charge is 2.32. The van der Waals surface area contributed by atoms with Crippen LogP contribution in [-0.4, -0.2) is 18.5 Å². The molecule has 0 saturated heterocycles. The second-order valence-electron chi connectivity index (χ2n) is 7.72. The van der Waals surface area contributed by atoms with E-state index in [1.165, 1.54) is 12.1 Å². The van der Waals surface area contributed by atoms with Crippen LogP contribution in [0, 0.1) is 5.92 Å². The van der Waals surface area contributed by atoms with Gasteiger partial charge in [0.1, 0.15) is 0 Å². The van der Waals surface area contributed by atoms with E-state index < -0.39 is 17.8 Å². The summed E-state index contributed by atoms with van der Waals surface area (Å²) in [6.07, 6.45) is 0.279. The van der Waals surface area contributed by atoms with Gasteiger partial charge in [-0.05, 0) is 55.2 Å². The summed E-state index contributed by atoms with van der Waals surface area (Å²) in [6, 6.07) is 9.15. The van der Waals surface area contributed by atoms with Gasteiger partial charge in [0.15, 0.2) is 0 Å². The van der Waals surface area contributed by atoms with E-state index in [0.29, 0.717) is 12.2 Å². The van der Waals surface area contributed by atoms with Crippen LogP contribution in [0.25, 0.3) is 0 Å². The quantitative estimate of drug-likeness (QED) is 0.700. The van der Waals surface area contributed by atoms with E-state index in [9.17, 15) is 22.8 Å². The monoisotopic (exact) mass is 417 g/mol. The third-order valence-corrected chi connectivity index (χ3v) is 5.66. The van der Waals surface area contributed by atoms with Crippen molar-refractivity contribution < 1.29 is 22.8 Å². The molecule has 1 aliphatic heterocycles. The Labute approximate surface area is 172 Å². The van der Waals surface area contributed by atoms with Crippen LogP contribution in [0.5, 0.6) is 0 Å². The summed E-state index contributed by atoms with van der Waals surface area (Å²) in [4.78, 5) is 26.9. The van der Waals surface area contributed by atoms with Crippen molar-refractivity contribution >= 4 is 29.0 Å². The van der Waals surface area contributed by atoms with Crippen molar-refractivity contribution in [3.63, 3.8) is 0 Å². The Balaban J connectivity index is 1.45. The first-order valence-electron chi connectivity index (χ1n) is 10.0. The summed E-state index contributed by atoms with van der Waals surface area (Å²) < 4.78 is 38.5. The number of benzene rings is 2. The van der Waals surface area contributed by atoms with Crippen LogP contribution in [0.3, 0.4) is 0 Å². The number of anilines is 3. The van der Waals surface area contributed by atoms with Gasteiger partial charge in [-0.1, -0.05) is 25.0 Å². The fourth-order valence-electron chi connectivity index (χ4n) is 4.15. The molecule has 1 fully saturated rings. The number of rotatable bonds is 3. The third kappa shape index (κ3) is 4.27. The smallest absolute Gasteiger partial charge is 0.312 e. The van der Waals surface area contributed by atoms with E-state index in [-0.39, 0.29) is 17.5 Å². The second-order valence-corrected chi connectivity index (χ2v) is 7.72. The number of halogens is 3. The molecule has 0 radical (unpaired) electrons. The van der Waals surface area contributed by atoms with Gasteiger partial charge in [0, 0.05) is 29.5 Å². The Morgan fingerprint density at radius 3 is 2.37 bits per heavy atom. The first kappa shape index (κ1) is 20.3. The average molecular weight is 417 g/mol. The fraction of sp³-hybridized carbons (Fsp3) is 0.364. The summed E-state index contributed by atoms with van der Waals surface area (Å²) in [6.45, 7) is 0.630. The van der Waals surface area contributed by atoms with E-state index in [4.69, 9.17) is 0 Å². The molecule has 1 saturated carbocycles. The van der Waals surface area contributed by atoms with Crippen LogP contribution in [-0.2, 0) is 17.4 Å². The molecule has 4 rings (SSSR count). The minimum Gasteiger partial charge on any atom is -0.312 e. The Morgan fingerprint density at radius 1 is 0.967 bits per heavy atom. The van der Waals surface area contributed by atoms with Gasteiger partial charge in [0.25, 0.3) is 0 Å². The maximum atomic E-state index is 12.8. The Bertz CT molecular complexity index is 968. The first-order chi connectivity index (χ1) is 14.3. The van der Waals surface area contributed by atoms with E-state index in [0.717, 1.165) is 55.5 Å². The number of nitrogens with one attached hydrogen (secondary N) is 2. The maximum absolute atomic E-state index is 12.8. The number of carbonyl (C=O) groups excluding carboxylic acids is 2. The molecule has 0 unspecified atom stereocenters. The van der Waals surface area contributed by atoms with Crippen LogP contribution in [0.15, 0.2) is 42.5 Å². The zero-order valence-electron chi connectivity index (χ0n) is 16.3. The zero-order chi connectivity index (χ0) is 21.3. The number of nitrogens with zero attached hydrogens (tertiary/aromatic N) is 1. The van der Waals surface area contributed by atoms with Crippen LogP contribution in [0.2, 0.25) is 0 Å². The molecule has 0 aromatic heterocycles. The van der Waals surface area contributed by atoms with Crippen molar-refractivity contribution in [3.05, 3.63) is 53.6 Å². The van der Waals surface area contributed by atoms with Crippen LogP contribution >= 0.6 is 0 Å².